The minimum Gasteiger partial charge on any atom is -0.447 e. The summed E-state index contributed by atoms with van der Waals surface area (Å²) in [7, 11) is 0. The Labute approximate surface area is 170 Å². The molecule has 2 heterocycles. The number of aromatic nitrogens is 1. The number of nitrogens with one attached hydrogen (secondary N) is 1. The minimum absolute atomic E-state index is 0.168. The van der Waals surface area contributed by atoms with Gasteiger partial charge in [0.25, 0.3) is 5.91 Å². The molecule has 29 heavy (non-hydrogen) atoms. The van der Waals surface area contributed by atoms with Crippen LogP contribution in [0.5, 0.6) is 0 Å². The molecule has 0 spiro atoms. The predicted molar refractivity (Wildman–Crippen MR) is 108 cm³/mol. The highest BCUT2D eigenvalue weighted by molar-refractivity contribution is 6.02. The number of hydrogen-bond donors (Lipinski definition) is 2. The van der Waals surface area contributed by atoms with Crippen LogP contribution in [0.15, 0.2) is 34.9 Å². The fourth-order valence-corrected chi connectivity index (χ4v) is 3.40. The van der Waals surface area contributed by atoms with Crippen LogP contribution in [0.1, 0.15) is 42.6 Å². The Morgan fingerprint density at radius 2 is 2.07 bits per heavy atom. The molecule has 0 aliphatic carbocycles. The summed E-state index contributed by atoms with van der Waals surface area (Å²) in [6.45, 7) is 6.86. The first-order valence-electron chi connectivity index (χ1n) is 10.2. The molecule has 8 heteroatoms. The smallest absolute Gasteiger partial charge is 0.277 e. The van der Waals surface area contributed by atoms with Gasteiger partial charge in [-0.15, -0.1) is 0 Å². The Kier molecular flexibility index (Phi) is 7.74. The number of amides is 1. The molecular weight excluding hydrogens is 375 g/mol. The molecule has 1 aromatic heterocycles. The van der Waals surface area contributed by atoms with Crippen molar-refractivity contribution in [3.8, 4) is 0 Å². The second kappa shape index (κ2) is 10.5. The highest BCUT2D eigenvalue weighted by atomic mass is 19.1. The monoisotopic (exact) mass is 404 g/mol. The molecule has 1 amide bonds. The molecule has 7 nitrogen and oxygen atoms in total. The fraction of sp³-hybridized carbons (Fsp3) is 0.524. The lowest BCUT2D eigenvalue weighted by atomic mass is 10.1. The number of benzene rings is 1. The largest absolute Gasteiger partial charge is 0.447 e. The van der Waals surface area contributed by atoms with Crippen molar-refractivity contribution in [3.05, 3.63) is 47.9 Å². The third kappa shape index (κ3) is 6.62. The van der Waals surface area contributed by atoms with Gasteiger partial charge in [-0.05, 0) is 24.6 Å². The summed E-state index contributed by atoms with van der Waals surface area (Å²) >= 11 is 0. The SMILES string of the molecule is CCCC[C@H](O)CN1CCN(Cc2nc(C(=O)Nc3cccc(F)c3)co2)CC1. The number of piperazine rings is 1. The van der Waals surface area contributed by atoms with E-state index in [0.29, 0.717) is 18.1 Å². The number of aliphatic hydroxyl groups is 1. The van der Waals surface area contributed by atoms with E-state index < -0.39 is 11.7 Å². The average molecular weight is 404 g/mol. The summed E-state index contributed by atoms with van der Waals surface area (Å²) in [4.78, 5) is 21.0. The predicted octanol–water partition coefficient (Wildman–Crippen LogP) is 2.73. The summed E-state index contributed by atoms with van der Waals surface area (Å²) in [5.41, 5.74) is 0.540. The van der Waals surface area contributed by atoms with Crippen LogP contribution < -0.4 is 5.32 Å². The van der Waals surface area contributed by atoms with Gasteiger partial charge in [-0.1, -0.05) is 25.8 Å². The Morgan fingerprint density at radius 1 is 1.31 bits per heavy atom. The van der Waals surface area contributed by atoms with E-state index >= 15 is 0 Å². The maximum absolute atomic E-state index is 13.2. The molecular formula is C21H29FN4O3. The van der Waals surface area contributed by atoms with Crippen LogP contribution >= 0.6 is 0 Å². The first-order valence-corrected chi connectivity index (χ1v) is 10.2. The van der Waals surface area contributed by atoms with Crippen LogP contribution in [0.2, 0.25) is 0 Å². The summed E-state index contributed by atoms with van der Waals surface area (Å²) in [5.74, 6) is -0.372. The first kappa shape index (κ1) is 21.4. The molecule has 3 rings (SSSR count). The number of carbonyl (C=O) groups is 1. The number of hydrogen-bond acceptors (Lipinski definition) is 6. The van der Waals surface area contributed by atoms with Gasteiger partial charge in [0.1, 0.15) is 12.1 Å². The van der Waals surface area contributed by atoms with E-state index in [4.69, 9.17) is 4.42 Å². The average Bonchev–Trinajstić information content (AvgIpc) is 3.16. The normalized spacial score (nSPS) is 16.7. The van der Waals surface area contributed by atoms with Gasteiger partial charge in [0.2, 0.25) is 5.89 Å². The Morgan fingerprint density at radius 3 is 2.79 bits per heavy atom. The highest BCUT2D eigenvalue weighted by Crippen LogP contribution is 2.13. The number of unbranched alkanes of at least 4 members (excludes halogenated alkanes) is 1. The maximum atomic E-state index is 13.2. The second-order valence-electron chi connectivity index (χ2n) is 7.46. The van der Waals surface area contributed by atoms with Gasteiger partial charge in [-0.3, -0.25) is 14.6 Å². The van der Waals surface area contributed by atoms with Crippen molar-refractivity contribution in [2.75, 3.05) is 38.0 Å². The molecule has 2 aromatic rings. The van der Waals surface area contributed by atoms with Gasteiger partial charge in [-0.25, -0.2) is 9.37 Å². The van der Waals surface area contributed by atoms with Crippen molar-refractivity contribution in [3.63, 3.8) is 0 Å². The number of halogens is 1. The molecule has 0 saturated carbocycles. The zero-order valence-electron chi connectivity index (χ0n) is 16.8. The number of aliphatic hydroxyl groups excluding tert-OH is 1. The lowest BCUT2D eigenvalue weighted by Crippen LogP contribution is -2.48. The number of β-amino-alcohol motifs (C(OH)–C–C–N with tert-alkyl or cyclic N) is 1. The van der Waals surface area contributed by atoms with Crippen molar-refractivity contribution < 1.29 is 18.7 Å². The van der Waals surface area contributed by atoms with Crippen molar-refractivity contribution in [2.24, 2.45) is 0 Å². The highest BCUT2D eigenvalue weighted by Gasteiger charge is 2.21. The minimum atomic E-state index is -0.434. The lowest BCUT2D eigenvalue weighted by Gasteiger charge is -2.35. The topological polar surface area (TPSA) is 81.8 Å². The number of oxazole rings is 1. The van der Waals surface area contributed by atoms with E-state index in [1.54, 1.807) is 6.07 Å². The number of anilines is 1. The summed E-state index contributed by atoms with van der Waals surface area (Å²) in [5, 5.41) is 12.7. The molecule has 1 aromatic carbocycles. The number of carbonyl (C=O) groups excluding carboxylic acids is 1. The molecule has 0 bridgehead atoms. The van der Waals surface area contributed by atoms with Gasteiger partial charge >= 0.3 is 0 Å². The molecule has 1 atom stereocenters. The molecule has 0 radical (unpaired) electrons. The van der Waals surface area contributed by atoms with Crippen LogP contribution in [0, 0.1) is 5.82 Å². The van der Waals surface area contributed by atoms with Crippen molar-refractivity contribution >= 4 is 11.6 Å². The van der Waals surface area contributed by atoms with E-state index in [1.807, 2.05) is 0 Å². The standard InChI is InChI=1S/C21H29FN4O3/c1-2-3-7-18(27)13-25-8-10-26(11-9-25)14-20-24-19(15-29-20)21(28)23-17-6-4-5-16(22)12-17/h4-6,12,15,18,27H,2-3,7-11,13-14H2,1H3,(H,23,28)/t18-/m0/s1. The lowest BCUT2D eigenvalue weighted by molar-refractivity contribution is 0.0627. The number of nitrogens with zero attached hydrogens (tertiary/aromatic N) is 3. The molecule has 1 fully saturated rings. The van der Waals surface area contributed by atoms with Gasteiger partial charge in [0.05, 0.1) is 12.6 Å². The van der Waals surface area contributed by atoms with Gasteiger partial charge < -0.3 is 14.8 Å². The van der Waals surface area contributed by atoms with Crippen LogP contribution in [-0.2, 0) is 6.54 Å². The van der Waals surface area contributed by atoms with Crippen molar-refractivity contribution in [2.45, 2.75) is 38.8 Å². The Balaban J connectivity index is 1.44. The van der Waals surface area contributed by atoms with Crippen LogP contribution in [0.3, 0.4) is 0 Å². The quantitative estimate of drug-likeness (QED) is 0.669. The van der Waals surface area contributed by atoms with E-state index in [0.717, 1.165) is 52.0 Å². The van der Waals surface area contributed by atoms with Gasteiger partial charge in [0.15, 0.2) is 5.69 Å². The van der Waals surface area contributed by atoms with Crippen molar-refractivity contribution in [1.29, 1.82) is 0 Å². The van der Waals surface area contributed by atoms with Crippen molar-refractivity contribution in [1.82, 2.24) is 14.8 Å². The zero-order chi connectivity index (χ0) is 20.6. The Hall–Kier alpha value is -2.29. The molecule has 1 aliphatic rings. The molecule has 1 aliphatic heterocycles. The van der Waals surface area contributed by atoms with Crippen LogP contribution in [-0.4, -0.2) is 64.6 Å². The number of rotatable bonds is 9. The third-order valence-corrected chi connectivity index (χ3v) is 5.05. The second-order valence-corrected chi connectivity index (χ2v) is 7.46. The molecule has 1 saturated heterocycles. The Bertz CT molecular complexity index is 790. The summed E-state index contributed by atoms with van der Waals surface area (Å²) in [6, 6.07) is 5.70. The summed E-state index contributed by atoms with van der Waals surface area (Å²) < 4.78 is 18.7. The molecule has 0 unspecified atom stereocenters. The zero-order valence-corrected chi connectivity index (χ0v) is 16.8. The molecule has 158 valence electrons. The van der Waals surface area contributed by atoms with Crippen LogP contribution in [0.25, 0.3) is 0 Å². The fourth-order valence-electron chi connectivity index (χ4n) is 3.40. The first-order chi connectivity index (χ1) is 14.0. The molecule has 2 N–H and O–H groups in total. The van der Waals surface area contributed by atoms with E-state index in [2.05, 4.69) is 27.0 Å². The van der Waals surface area contributed by atoms with Gasteiger partial charge in [-0.2, -0.15) is 0 Å². The van der Waals surface area contributed by atoms with E-state index in [-0.39, 0.29) is 11.8 Å². The van der Waals surface area contributed by atoms with Crippen LogP contribution in [0.4, 0.5) is 10.1 Å². The van der Waals surface area contributed by atoms with Gasteiger partial charge in [0, 0.05) is 38.4 Å². The maximum Gasteiger partial charge on any atom is 0.277 e. The summed E-state index contributed by atoms with van der Waals surface area (Å²) in [6.07, 6.45) is 4.08. The van der Waals surface area contributed by atoms with E-state index in [1.165, 1.54) is 24.5 Å². The van der Waals surface area contributed by atoms with E-state index in [9.17, 15) is 14.3 Å². The third-order valence-electron chi connectivity index (χ3n) is 5.05.